The summed E-state index contributed by atoms with van der Waals surface area (Å²) in [6, 6.07) is -0.656. The molecular weight excluding hydrogens is 308 g/mol. The molecule has 1 aliphatic heterocycles. The monoisotopic (exact) mass is 332 g/mol. The number of carbonyl (C=O) groups excluding carboxylic acids is 3. The van der Waals surface area contributed by atoms with Gasteiger partial charge in [0.1, 0.15) is 6.04 Å². The summed E-state index contributed by atoms with van der Waals surface area (Å²) < 4.78 is 1.75. The summed E-state index contributed by atoms with van der Waals surface area (Å²) >= 11 is 0. The minimum Gasteiger partial charge on any atom is -0.330 e. The second-order valence-corrected chi connectivity index (χ2v) is 6.69. The molecule has 0 radical (unpaired) electrons. The van der Waals surface area contributed by atoms with Crippen molar-refractivity contribution in [3.05, 3.63) is 17.5 Å². The Morgan fingerprint density at radius 3 is 2.75 bits per heavy atom. The fourth-order valence-electron chi connectivity index (χ4n) is 3.76. The molecule has 0 bridgehead atoms. The average Bonchev–Trinajstić information content (AvgIpc) is 3.06. The van der Waals surface area contributed by atoms with Crippen molar-refractivity contribution < 1.29 is 14.4 Å². The SMILES string of the molecule is CCCN(C(=O)[C@@H]1CCCc2nn(C)cc21)[C@@H]1CC(=O)N(C)C1=O. The molecular formula is C17H24N4O3. The summed E-state index contributed by atoms with van der Waals surface area (Å²) in [6.45, 7) is 2.46. The van der Waals surface area contributed by atoms with Gasteiger partial charge in [-0.2, -0.15) is 5.10 Å². The van der Waals surface area contributed by atoms with Crippen LogP contribution in [0.15, 0.2) is 6.20 Å². The number of likely N-dealkylation sites (N-methyl/N-ethyl adjacent to an activating group) is 1. The van der Waals surface area contributed by atoms with E-state index in [1.165, 1.54) is 7.05 Å². The zero-order valence-electron chi connectivity index (χ0n) is 14.5. The number of hydrogen-bond donors (Lipinski definition) is 0. The van der Waals surface area contributed by atoms with Crippen molar-refractivity contribution >= 4 is 17.7 Å². The maximum Gasteiger partial charge on any atom is 0.252 e. The van der Waals surface area contributed by atoms with Crippen LogP contribution < -0.4 is 0 Å². The molecule has 130 valence electrons. The fraction of sp³-hybridized carbons (Fsp3) is 0.647. The van der Waals surface area contributed by atoms with Gasteiger partial charge in [0.25, 0.3) is 5.91 Å². The van der Waals surface area contributed by atoms with Gasteiger partial charge in [-0.25, -0.2) is 0 Å². The Bertz CT molecular complexity index is 681. The lowest BCUT2D eigenvalue weighted by atomic mass is 9.85. The van der Waals surface area contributed by atoms with Gasteiger partial charge in [0, 0.05) is 32.4 Å². The molecule has 0 N–H and O–H groups in total. The van der Waals surface area contributed by atoms with Crippen LogP contribution in [0.4, 0.5) is 0 Å². The topological polar surface area (TPSA) is 75.5 Å². The number of aromatic nitrogens is 2. The van der Waals surface area contributed by atoms with Crippen molar-refractivity contribution in [2.24, 2.45) is 7.05 Å². The first-order valence-electron chi connectivity index (χ1n) is 8.57. The Kier molecular flexibility index (Phi) is 4.43. The van der Waals surface area contributed by atoms with Crippen molar-refractivity contribution in [1.29, 1.82) is 0 Å². The first-order valence-corrected chi connectivity index (χ1v) is 8.57. The Morgan fingerprint density at radius 2 is 2.12 bits per heavy atom. The molecule has 7 nitrogen and oxygen atoms in total. The fourth-order valence-corrected chi connectivity index (χ4v) is 3.76. The Morgan fingerprint density at radius 1 is 1.38 bits per heavy atom. The zero-order chi connectivity index (χ0) is 17.4. The van der Waals surface area contributed by atoms with Crippen LogP contribution in [0.2, 0.25) is 0 Å². The summed E-state index contributed by atoms with van der Waals surface area (Å²) in [6.07, 6.45) is 5.32. The molecule has 3 rings (SSSR count). The molecule has 2 atom stereocenters. The number of carbonyl (C=O) groups is 3. The summed E-state index contributed by atoms with van der Waals surface area (Å²) in [5.74, 6) is -0.802. The van der Waals surface area contributed by atoms with Crippen molar-refractivity contribution in [3.8, 4) is 0 Å². The van der Waals surface area contributed by atoms with E-state index in [9.17, 15) is 14.4 Å². The van der Waals surface area contributed by atoms with Gasteiger partial charge in [0.2, 0.25) is 11.8 Å². The summed E-state index contributed by atoms with van der Waals surface area (Å²) in [4.78, 5) is 40.2. The van der Waals surface area contributed by atoms with Crippen LogP contribution in [0.3, 0.4) is 0 Å². The number of amides is 3. The lowest BCUT2D eigenvalue weighted by Crippen LogP contribution is -2.47. The lowest BCUT2D eigenvalue weighted by Gasteiger charge is -2.32. The maximum atomic E-state index is 13.2. The Labute approximate surface area is 141 Å². The molecule has 1 aromatic heterocycles. The van der Waals surface area contributed by atoms with Gasteiger partial charge in [-0.05, 0) is 25.7 Å². The van der Waals surface area contributed by atoms with Crippen molar-refractivity contribution in [3.63, 3.8) is 0 Å². The summed E-state index contributed by atoms with van der Waals surface area (Å²) in [5, 5.41) is 4.44. The number of imide groups is 1. The van der Waals surface area contributed by atoms with Crippen LogP contribution in [-0.4, -0.2) is 56.9 Å². The van der Waals surface area contributed by atoms with E-state index >= 15 is 0 Å². The highest BCUT2D eigenvalue weighted by molar-refractivity contribution is 6.06. The minimum absolute atomic E-state index is 0.0488. The largest absolute Gasteiger partial charge is 0.330 e. The molecule has 3 amide bonds. The number of aryl methyl sites for hydroxylation is 2. The molecule has 2 aliphatic rings. The van der Waals surface area contributed by atoms with E-state index in [1.54, 1.807) is 9.58 Å². The standard InChI is InChI=1S/C17H24N4O3/c1-4-8-21(14-9-15(22)20(3)17(14)24)16(23)11-6-5-7-13-12(11)10-19(2)18-13/h10-11,14H,4-9H2,1-3H3/t11-,14-/m1/s1. The summed E-state index contributed by atoms with van der Waals surface area (Å²) in [7, 11) is 3.34. The normalized spacial score (nSPS) is 23.5. The van der Waals surface area contributed by atoms with Gasteiger partial charge in [0.15, 0.2) is 0 Å². The second-order valence-electron chi connectivity index (χ2n) is 6.69. The zero-order valence-corrected chi connectivity index (χ0v) is 14.5. The van der Waals surface area contributed by atoms with Gasteiger partial charge < -0.3 is 4.90 Å². The maximum absolute atomic E-state index is 13.2. The van der Waals surface area contributed by atoms with E-state index in [0.29, 0.717) is 6.54 Å². The van der Waals surface area contributed by atoms with Crippen LogP contribution in [0.1, 0.15) is 49.8 Å². The number of hydrogen-bond acceptors (Lipinski definition) is 4. The van der Waals surface area contributed by atoms with Crippen molar-refractivity contribution in [2.45, 2.75) is 51.0 Å². The molecule has 0 spiro atoms. The van der Waals surface area contributed by atoms with Crippen LogP contribution in [0.25, 0.3) is 0 Å². The van der Waals surface area contributed by atoms with Gasteiger partial charge in [-0.1, -0.05) is 6.92 Å². The van der Waals surface area contributed by atoms with Gasteiger partial charge in [0.05, 0.1) is 18.0 Å². The predicted octanol–water partition coefficient (Wildman–Crippen LogP) is 0.836. The third-order valence-electron chi connectivity index (χ3n) is 5.00. The average molecular weight is 332 g/mol. The van der Waals surface area contributed by atoms with E-state index < -0.39 is 6.04 Å². The molecule has 1 aliphatic carbocycles. The van der Waals surface area contributed by atoms with E-state index in [1.807, 2.05) is 20.2 Å². The Hall–Kier alpha value is -2.18. The Balaban J connectivity index is 1.88. The number of fused-ring (bicyclic) bond motifs is 1. The highest BCUT2D eigenvalue weighted by Crippen LogP contribution is 2.33. The van der Waals surface area contributed by atoms with Crippen LogP contribution in [0.5, 0.6) is 0 Å². The number of nitrogens with zero attached hydrogens (tertiary/aromatic N) is 4. The van der Waals surface area contributed by atoms with Gasteiger partial charge in [-0.3, -0.25) is 24.0 Å². The highest BCUT2D eigenvalue weighted by Gasteiger charge is 2.43. The molecule has 2 heterocycles. The molecule has 7 heteroatoms. The van der Waals surface area contributed by atoms with Crippen molar-refractivity contribution in [1.82, 2.24) is 19.6 Å². The number of rotatable bonds is 4. The highest BCUT2D eigenvalue weighted by atomic mass is 16.2. The molecule has 1 saturated heterocycles. The third-order valence-corrected chi connectivity index (χ3v) is 5.00. The van der Waals surface area contributed by atoms with Crippen molar-refractivity contribution in [2.75, 3.05) is 13.6 Å². The van der Waals surface area contributed by atoms with Crippen LogP contribution >= 0.6 is 0 Å². The van der Waals surface area contributed by atoms with Crippen LogP contribution in [-0.2, 0) is 27.9 Å². The lowest BCUT2D eigenvalue weighted by molar-refractivity contribution is -0.144. The molecule has 0 unspecified atom stereocenters. The van der Waals surface area contributed by atoms with E-state index in [4.69, 9.17) is 0 Å². The molecule has 24 heavy (non-hydrogen) atoms. The van der Waals surface area contributed by atoms with Gasteiger partial charge >= 0.3 is 0 Å². The van der Waals surface area contributed by atoms with E-state index in [-0.39, 0.29) is 30.1 Å². The molecule has 1 aromatic rings. The van der Waals surface area contributed by atoms with E-state index in [2.05, 4.69) is 5.10 Å². The smallest absolute Gasteiger partial charge is 0.252 e. The molecule has 1 fully saturated rings. The summed E-state index contributed by atoms with van der Waals surface area (Å²) in [5.41, 5.74) is 1.95. The quantitative estimate of drug-likeness (QED) is 0.766. The third kappa shape index (κ3) is 2.72. The first kappa shape index (κ1) is 16.7. The second kappa shape index (κ2) is 6.37. The molecule has 0 saturated carbocycles. The molecule has 0 aromatic carbocycles. The van der Waals surface area contributed by atoms with Crippen LogP contribution in [0, 0.1) is 0 Å². The first-order chi connectivity index (χ1) is 11.4. The predicted molar refractivity (Wildman–Crippen MR) is 87.1 cm³/mol. The number of likely N-dealkylation sites (tertiary alicyclic amines) is 1. The van der Waals surface area contributed by atoms with Gasteiger partial charge in [-0.15, -0.1) is 0 Å². The minimum atomic E-state index is -0.656. The van der Waals surface area contributed by atoms with E-state index in [0.717, 1.165) is 41.8 Å².